The number of amides is 1. The Bertz CT molecular complexity index is 706. The molecule has 5 nitrogen and oxygen atoms in total. The van der Waals surface area contributed by atoms with Gasteiger partial charge in [-0.25, -0.2) is 8.42 Å². The van der Waals surface area contributed by atoms with Crippen LogP contribution in [0.5, 0.6) is 0 Å². The molecular formula is C12H12ClF3N2O3S. The standard InChI is InChI=1S/C12H12ClF3N2O3S/c1-7-5-18(6-11(19)17-7)22(20,21)10-3-8(12(14,15)16)2-9(13)4-10/h2-4,7H,5-6H2,1H3,(H,17,19). The number of hydrogen-bond donors (Lipinski definition) is 1. The van der Waals surface area contributed by atoms with Crippen LogP contribution >= 0.6 is 11.6 Å². The highest BCUT2D eigenvalue weighted by Crippen LogP contribution is 2.33. The first-order valence-corrected chi connectivity index (χ1v) is 7.99. The van der Waals surface area contributed by atoms with Crippen LogP contribution in [0.2, 0.25) is 5.02 Å². The number of sulfonamides is 1. The number of nitrogens with zero attached hydrogens (tertiary/aromatic N) is 1. The molecule has 1 aromatic carbocycles. The van der Waals surface area contributed by atoms with Crippen molar-refractivity contribution >= 4 is 27.5 Å². The monoisotopic (exact) mass is 356 g/mol. The van der Waals surface area contributed by atoms with E-state index in [0.29, 0.717) is 12.1 Å². The van der Waals surface area contributed by atoms with Crippen LogP contribution in [0.3, 0.4) is 0 Å². The lowest BCUT2D eigenvalue weighted by atomic mass is 10.2. The van der Waals surface area contributed by atoms with Crippen LogP contribution in [-0.4, -0.2) is 37.8 Å². The molecule has 122 valence electrons. The smallest absolute Gasteiger partial charge is 0.351 e. The molecule has 0 bridgehead atoms. The van der Waals surface area contributed by atoms with Gasteiger partial charge in [0, 0.05) is 17.6 Å². The van der Waals surface area contributed by atoms with Gasteiger partial charge >= 0.3 is 6.18 Å². The highest BCUT2D eigenvalue weighted by Gasteiger charge is 2.36. The van der Waals surface area contributed by atoms with Crippen molar-refractivity contribution in [3.05, 3.63) is 28.8 Å². The third-order valence-electron chi connectivity index (χ3n) is 3.04. The van der Waals surface area contributed by atoms with Crippen molar-refractivity contribution in [2.45, 2.75) is 24.0 Å². The second kappa shape index (κ2) is 5.71. The van der Waals surface area contributed by atoms with Crippen LogP contribution < -0.4 is 5.32 Å². The Morgan fingerprint density at radius 1 is 1.32 bits per heavy atom. The number of rotatable bonds is 2. The van der Waals surface area contributed by atoms with Crippen molar-refractivity contribution in [1.29, 1.82) is 0 Å². The first-order valence-electron chi connectivity index (χ1n) is 6.17. The Morgan fingerprint density at radius 3 is 2.50 bits per heavy atom. The molecule has 0 aliphatic carbocycles. The summed E-state index contributed by atoms with van der Waals surface area (Å²) < 4.78 is 64.0. The molecule has 0 radical (unpaired) electrons. The number of halogens is 4. The van der Waals surface area contributed by atoms with E-state index in [9.17, 15) is 26.4 Å². The normalized spacial score (nSPS) is 20.8. The third kappa shape index (κ3) is 3.53. The van der Waals surface area contributed by atoms with Crippen molar-refractivity contribution in [1.82, 2.24) is 9.62 Å². The SMILES string of the molecule is CC1CN(S(=O)(=O)c2cc(Cl)cc(C(F)(F)F)c2)CC(=O)N1. The molecule has 1 fully saturated rings. The average Bonchev–Trinajstić information content (AvgIpc) is 2.35. The van der Waals surface area contributed by atoms with Crippen molar-refractivity contribution < 1.29 is 26.4 Å². The Morgan fingerprint density at radius 2 is 1.95 bits per heavy atom. The van der Waals surface area contributed by atoms with Crippen LogP contribution in [0.4, 0.5) is 13.2 Å². The molecule has 1 aliphatic heterocycles. The maximum Gasteiger partial charge on any atom is 0.416 e. The predicted octanol–water partition coefficient (Wildman–Crippen LogP) is 1.87. The lowest BCUT2D eigenvalue weighted by molar-refractivity contribution is -0.137. The molecule has 0 aromatic heterocycles. The van der Waals surface area contributed by atoms with Crippen LogP contribution in [0.25, 0.3) is 0 Å². The zero-order valence-electron chi connectivity index (χ0n) is 11.3. The molecular weight excluding hydrogens is 345 g/mol. The quantitative estimate of drug-likeness (QED) is 0.879. The minimum Gasteiger partial charge on any atom is -0.351 e. The van der Waals surface area contributed by atoms with Gasteiger partial charge < -0.3 is 5.32 Å². The summed E-state index contributed by atoms with van der Waals surface area (Å²) >= 11 is 5.60. The molecule has 1 unspecified atom stereocenters. The summed E-state index contributed by atoms with van der Waals surface area (Å²) in [6, 6.07) is 1.66. The number of alkyl halides is 3. The summed E-state index contributed by atoms with van der Waals surface area (Å²) in [6.45, 7) is 1.13. The lowest BCUT2D eigenvalue weighted by Gasteiger charge is -2.30. The zero-order valence-corrected chi connectivity index (χ0v) is 12.9. The van der Waals surface area contributed by atoms with Crippen LogP contribution in [-0.2, 0) is 21.0 Å². The van der Waals surface area contributed by atoms with Crippen molar-refractivity contribution in [2.75, 3.05) is 13.1 Å². The molecule has 2 rings (SSSR count). The van der Waals surface area contributed by atoms with Crippen LogP contribution in [0, 0.1) is 0 Å². The van der Waals surface area contributed by atoms with Crippen LogP contribution in [0.1, 0.15) is 12.5 Å². The van der Waals surface area contributed by atoms with Gasteiger partial charge in [0.1, 0.15) is 0 Å². The van der Waals surface area contributed by atoms with E-state index in [0.717, 1.165) is 10.4 Å². The van der Waals surface area contributed by atoms with E-state index >= 15 is 0 Å². The van der Waals surface area contributed by atoms with Gasteiger partial charge in [-0.2, -0.15) is 17.5 Å². The fourth-order valence-electron chi connectivity index (χ4n) is 2.10. The van der Waals surface area contributed by atoms with Gasteiger partial charge in [-0.15, -0.1) is 0 Å². The highest BCUT2D eigenvalue weighted by molar-refractivity contribution is 7.89. The molecule has 1 atom stereocenters. The number of carbonyl (C=O) groups excluding carboxylic acids is 1. The van der Waals surface area contributed by atoms with Crippen LogP contribution in [0.15, 0.2) is 23.1 Å². The Labute approximate surface area is 130 Å². The van der Waals surface area contributed by atoms with E-state index < -0.39 is 45.2 Å². The Kier molecular flexibility index (Phi) is 4.42. The van der Waals surface area contributed by atoms with Gasteiger partial charge in [-0.3, -0.25) is 4.79 Å². The summed E-state index contributed by atoms with van der Waals surface area (Å²) in [5.74, 6) is -0.514. The van der Waals surface area contributed by atoms with Gasteiger partial charge in [0.2, 0.25) is 15.9 Å². The molecule has 1 saturated heterocycles. The summed E-state index contributed by atoms with van der Waals surface area (Å²) in [6.07, 6.45) is -4.72. The van der Waals surface area contributed by atoms with E-state index in [1.807, 2.05) is 0 Å². The number of hydrogen-bond acceptors (Lipinski definition) is 3. The number of benzene rings is 1. The Hall–Kier alpha value is -1.32. The molecule has 1 amide bonds. The van der Waals surface area contributed by atoms with E-state index in [2.05, 4.69) is 5.32 Å². The van der Waals surface area contributed by atoms with Crippen molar-refractivity contribution in [3.63, 3.8) is 0 Å². The van der Waals surface area contributed by atoms with Gasteiger partial charge in [-0.05, 0) is 25.1 Å². The minimum atomic E-state index is -4.72. The number of nitrogens with one attached hydrogen (secondary N) is 1. The van der Waals surface area contributed by atoms with Crippen molar-refractivity contribution in [3.8, 4) is 0 Å². The summed E-state index contributed by atoms with van der Waals surface area (Å²) in [5, 5.41) is 2.18. The van der Waals surface area contributed by atoms with E-state index in [1.165, 1.54) is 0 Å². The zero-order chi connectivity index (χ0) is 16.7. The molecule has 1 heterocycles. The van der Waals surface area contributed by atoms with Crippen molar-refractivity contribution in [2.24, 2.45) is 0 Å². The second-order valence-corrected chi connectivity index (χ2v) is 7.31. The molecule has 0 saturated carbocycles. The largest absolute Gasteiger partial charge is 0.416 e. The van der Waals surface area contributed by atoms with Gasteiger partial charge in [0.15, 0.2) is 0 Å². The fourth-order valence-corrected chi connectivity index (χ4v) is 3.96. The topological polar surface area (TPSA) is 66.5 Å². The van der Waals surface area contributed by atoms with E-state index in [1.54, 1.807) is 6.92 Å². The maximum atomic E-state index is 12.8. The first kappa shape index (κ1) is 17.0. The summed E-state index contributed by atoms with van der Waals surface area (Å²) in [4.78, 5) is 10.8. The van der Waals surface area contributed by atoms with E-state index in [4.69, 9.17) is 11.6 Å². The summed E-state index contributed by atoms with van der Waals surface area (Å²) in [5.41, 5.74) is -1.16. The average molecular weight is 357 g/mol. The lowest BCUT2D eigenvalue weighted by Crippen LogP contribution is -2.54. The predicted molar refractivity (Wildman–Crippen MR) is 72.8 cm³/mol. The first-order chi connectivity index (χ1) is 10.00. The Balaban J connectivity index is 2.45. The van der Waals surface area contributed by atoms with Gasteiger partial charge in [-0.1, -0.05) is 11.6 Å². The number of piperazine rings is 1. The maximum absolute atomic E-state index is 12.8. The number of carbonyl (C=O) groups is 1. The van der Waals surface area contributed by atoms with E-state index in [-0.39, 0.29) is 11.6 Å². The minimum absolute atomic E-state index is 0.0259. The molecule has 1 N–H and O–H groups in total. The highest BCUT2D eigenvalue weighted by atomic mass is 35.5. The van der Waals surface area contributed by atoms with Gasteiger partial charge in [0.05, 0.1) is 17.0 Å². The molecule has 10 heteroatoms. The fraction of sp³-hybridized carbons (Fsp3) is 0.417. The molecule has 1 aliphatic rings. The second-order valence-electron chi connectivity index (χ2n) is 4.94. The molecule has 0 spiro atoms. The molecule has 22 heavy (non-hydrogen) atoms. The molecule has 1 aromatic rings. The summed E-state index contributed by atoms with van der Waals surface area (Å²) in [7, 11) is -4.25. The third-order valence-corrected chi connectivity index (χ3v) is 5.05. The van der Waals surface area contributed by atoms with Gasteiger partial charge in [0.25, 0.3) is 0 Å².